The first-order chi connectivity index (χ1) is 36.5. The second-order valence-electron chi connectivity index (χ2n) is 20.7. The van der Waals surface area contributed by atoms with Crippen LogP contribution in [0, 0.1) is 34.1 Å². The van der Waals surface area contributed by atoms with E-state index in [1.165, 1.54) is 37.6 Å². The van der Waals surface area contributed by atoms with Crippen LogP contribution in [0.4, 0.5) is 17.6 Å². The number of benzene rings is 1. The van der Waals surface area contributed by atoms with Gasteiger partial charge in [-0.1, -0.05) is 55.4 Å². The lowest BCUT2D eigenvalue weighted by Crippen LogP contribution is -3.13. The minimum absolute atomic E-state index is 0. The van der Waals surface area contributed by atoms with Crippen LogP contribution < -0.4 is 9.64 Å². The molecule has 0 fully saturated rings. The van der Waals surface area contributed by atoms with Crippen molar-refractivity contribution < 1.29 is 101 Å². The summed E-state index contributed by atoms with van der Waals surface area (Å²) in [5.74, 6) is -12.5. The molecule has 0 aliphatic carbocycles. The number of esters is 2. The zero-order valence-corrected chi connectivity index (χ0v) is 53.4. The Morgan fingerprint density at radius 3 is 1.27 bits per heavy atom. The monoisotopic (exact) mass is 1220 g/mol. The van der Waals surface area contributed by atoms with Crippen molar-refractivity contribution in [1.82, 2.24) is 0 Å². The number of carbonyl (C=O) groups excluding carboxylic acids is 2. The second kappa shape index (κ2) is 49.1. The smallest absolute Gasteiger partial charge is 0.317 e. The van der Waals surface area contributed by atoms with E-state index < -0.39 is 72.1 Å². The SMILES string of the molecule is C.C.CCC(C)(C)C(=O)Oc1c(F)c(F)c(S(=O)(=O)[O-])c(F)c1F.CCC(C)OCCOCCOC.CCCC[Si](C)(C)O[Si](C)(C)CCCOC(=O)C(C)(C)CC.COCCOCC[NH+](CCOCCOC)CCOCCOC. The Labute approximate surface area is 483 Å². The van der Waals surface area contributed by atoms with E-state index >= 15 is 0 Å². The molecule has 1 aromatic carbocycles. The minimum atomic E-state index is -5.81. The number of ether oxygens (including phenoxy) is 11. The average molecular weight is 1220 g/mol. The normalized spacial score (nSPS) is 12.2. The highest BCUT2D eigenvalue weighted by Crippen LogP contribution is 2.34. The molecule has 480 valence electrons. The molecule has 0 radical (unpaired) electrons. The van der Waals surface area contributed by atoms with Crippen molar-refractivity contribution in [1.29, 1.82) is 0 Å². The molecular weight excluding hydrogens is 1110 g/mol. The maximum atomic E-state index is 13.6. The van der Waals surface area contributed by atoms with Crippen molar-refractivity contribution in [2.24, 2.45) is 10.8 Å². The molecular formula is C55H111F4NO17SSi2. The molecule has 0 aromatic heterocycles. The molecule has 1 rings (SSSR count). The van der Waals surface area contributed by atoms with Gasteiger partial charge in [-0.2, -0.15) is 8.78 Å². The van der Waals surface area contributed by atoms with Gasteiger partial charge in [0.2, 0.25) is 17.4 Å². The number of halogens is 4. The van der Waals surface area contributed by atoms with E-state index in [2.05, 4.69) is 51.7 Å². The first-order valence-corrected chi connectivity index (χ1v) is 34.7. The second-order valence-corrected chi connectivity index (χ2v) is 30.9. The molecule has 0 aliphatic rings. The predicted molar refractivity (Wildman–Crippen MR) is 310 cm³/mol. The van der Waals surface area contributed by atoms with Crippen LogP contribution in [-0.4, -0.2) is 188 Å². The summed E-state index contributed by atoms with van der Waals surface area (Å²) < 4.78 is 149. The number of hydrogen-bond acceptors (Lipinski definition) is 17. The molecule has 0 saturated heterocycles. The van der Waals surface area contributed by atoms with Gasteiger partial charge in [0.05, 0.1) is 109 Å². The van der Waals surface area contributed by atoms with Gasteiger partial charge in [-0.25, -0.2) is 17.2 Å². The van der Waals surface area contributed by atoms with Crippen LogP contribution in [0.15, 0.2) is 4.90 Å². The highest BCUT2D eigenvalue weighted by atomic mass is 32.2. The van der Waals surface area contributed by atoms with Crippen molar-refractivity contribution in [3.05, 3.63) is 23.3 Å². The van der Waals surface area contributed by atoms with E-state index in [1.807, 2.05) is 20.8 Å². The van der Waals surface area contributed by atoms with E-state index in [0.717, 1.165) is 64.8 Å². The van der Waals surface area contributed by atoms with Gasteiger partial charge in [0, 0.05) is 28.4 Å². The van der Waals surface area contributed by atoms with Crippen molar-refractivity contribution >= 4 is 38.7 Å². The molecule has 80 heavy (non-hydrogen) atoms. The molecule has 18 nitrogen and oxygen atoms in total. The standard InChI is InChI=1S/C17H38O3Si2.C15H33NO6.C12H12F4O5S.C9H20O3.2CH4/c1-9-11-14-21(5,6)20-22(7,8)15-12-13-19-16(18)17(3,4)10-2;1-17-10-13-20-7-4-16(5-8-21-14-11-18-2)6-9-22-15-12-19-3;1-4-12(2,3)11(17)21-9-5(13)7(15)10(22(18,19)20)8(16)6(9)14;1-4-9(2)12-8-7-11-6-5-10-3;;/h9-15H2,1-8H3;4-15H2,1-3H3;4H2,1-3H3,(H,18,19,20);9H,4-8H2,1-3H3;2*1H4. The van der Waals surface area contributed by atoms with E-state index in [4.69, 9.17) is 51.5 Å². The van der Waals surface area contributed by atoms with Crippen LogP contribution in [0.1, 0.15) is 116 Å². The van der Waals surface area contributed by atoms with Crippen molar-refractivity contribution in [3.8, 4) is 5.75 Å². The Balaban J connectivity index is -0.000000316. The van der Waals surface area contributed by atoms with Crippen LogP contribution >= 0.6 is 0 Å². The fourth-order valence-electron chi connectivity index (χ4n) is 6.16. The molecule has 1 aromatic rings. The largest absolute Gasteiger partial charge is 0.744 e. The summed E-state index contributed by atoms with van der Waals surface area (Å²) >= 11 is 0. The van der Waals surface area contributed by atoms with E-state index in [1.54, 1.807) is 35.4 Å². The van der Waals surface area contributed by atoms with Crippen molar-refractivity contribution in [3.63, 3.8) is 0 Å². The van der Waals surface area contributed by atoms with Crippen LogP contribution in [0.2, 0.25) is 38.3 Å². The molecule has 1 N–H and O–H groups in total. The lowest BCUT2D eigenvalue weighted by Gasteiger charge is -2.34. The number of rotatable bonds is 41. The number of nitrogens with one attached hydrogen (secondary N) is 1. The molecule has 0 heterocycles. The zero-order valence-electron chi connectivity index (χ0n) is 50.6. The van der Waals surface area contributed by atoms with E-state index in [0.29, 0.717) is 78.8 Å². The number of hydrogen-bond donors (Lipinski definition) is 1. The topological polar surface area (TPSA) is 207 Å². The van der Waals surface area contributed by atoms with E-state index in [-0.39, 0.29) is 32.7 Å². The fraction of sp³-hybridized carbons (Fsp3) is 0.855. The van der Waals surface area contributed by atoms with Crippen LogP contribution in [0.25, 0.3) is 0 Å². The minimum Gasteiger partial charge on any atom is -0.744 e. The van der Waals surface area contributed by atoms with Gasteiger partial charge in [-0.05, 0) is 98.6 Å². The molecule has 0 amide bonds. The van der Waals surface area contributed by atoms with Crippen LogP contribution in [0.5, 0.6) is 5.75 Å². The molecule has 1 atom stereocenters. The maximum absolute atomic E-state index is 13.6. The molecule has 0 bridgehead atoms. The third-order valence-corrected chi connectivity index (χ3v) is 20.5. The summed E-state index contributed by atoms with van der Waals surface area (Å²) in [7, 11) is -2.28. The highest BCUT2D eigenvalue weighted by Gasteiger charge is 2.35. The molecule has 0 spiro atoms. The molecule has 1 unspecified atom stereocenters. The van der Waals surface area contributed by atoms with Crippen LogP contribution in [-0.2, 0) is 71.2 Å². The van der Waals surface area contributed by atoms with Crippen molar-refractivity contribution in [2.75, 3.05) is 141 Å². The Morgan fingerprint density at radius 1 is 0.562 bits per heavy atom. The summed E-state index contributed by atoms with van der Waals surface area (Å²) in [5.41, 5.74) is -1.58. The number of quaternary nitrogens is 1. The van der Waals surface area contributed by atoms with Gasteiger partial charge in [0.1, 0.15) is 34.6 Å². The summed E-state index contributed by atoms with van der Waals surface area (Å²) in [6.07, 6.45) is 5.83. The Bertz CT molecular complexity index is 1760. The number of carbonyl (C=O) groups is 2. The van der Waals surface area contributed by atoms with Gasteiger partial charge >= 0.3 is 11.9 Å². The number of unbranched alkanes of at least 4 members (excludes halogenated alkanes) is 1. The first-order valence-electron chi connectivity index (χ1n) is 27.1. The molecule has 0 aliphatic heterocycles. The first kappa shape index (κ1) is 86.6. The third kappa shape index (κ3) is 42.6. The Morgan fingerprint density at radius 2 is 0.925 bits per heavy atom. The van der Waals surface area contributed by atoms with Gasteiger partial charge in [-0.15, -0.1) is 0 Å². The van der Waals surface area contributed by atoms with E-state index in [9.17, 15) is 40.1 Å². The summed E-state index contributed by atoms with van der Waals surface area (Å²) in [6.45, 7) is 37.8. The summed E-state index contributed by atoms with van der Waals surface area (Å²) in [6, 6.07) is 2.31. The highest BCUT2D eigenvalue weighted by molar-refractivity contribution is 7.85. The summed E-state index contributed by atoms with van der Waals surface area (Å²) in [4.78, 5) is 22.7. The lowest BCUT2D eigenvalue weighted by molar-refractivity contribution is -0.901. The summed E-state index contributed by atoms with van der Waals surface area (Å²) in [5, 5.41) is 0. The molecule has 25 heteroatoms. The fourth-order valence-corrected chi connectivity index (χ4v) is 15.8. The quantitative estimate of drug-likeness (QED) is 0.0123. The van der Waals surface area contributed by atoms with Gasteiger partial charge in [0.15, 0.2) is 28.3 Å². The van der Waals surface area contributed by atoms with Gasteiger partial charge < -0.3 is 65.7 Å². The molecule has 0 saturated carbocycles. The predicted octanol–water partition coefficient (Wildman–Crippen LogP) is 9.67. The lowest BCUT2D eigenvalue weighted by atomic mass is 9.91. The van der Waals surface area contributed by atoms with Crippen molar-refractivity contribution in [2.45, 2.75) is 165 Å². The Hall–Kier alpha value is -2.22. The maximum Gasteiger partial charge on any atom is 0.317 e. The zero-order chi connectivity index (χ0) is 60.4. The third-order valence-electron chi connectivity index (χ3n) is 12.1. The Kier molecular flexibility index (Phi) is 53.1. The number of methoxy groups -OCH3 is 4. The van der Waals surface area contributed by atoms with Crippen LogP contribution in [0.3, 0.4) is 0 Å². The van der Waals surface area contributed by atoms with Gasteiger partial charge in [0.25, 0.3) is 0 Å². The average Bonchev–Trinajstić information content (AvgIpc) is 3.37. The van der Waals surface area contributed by atoms with Gasteiger partial charge in [-0.3, -0.25) is 9.59 Å².